The highest BCUT2D eigenvalue weighted by molar-refractivity contribution is 7.18. The molecule has 0 aliphatic rings. The standard InChI is InChI=1S/C19H17N5O4S/c1-2-11-9-13-17(29-11)20-10-24(18(13)27)22-15(25)7-8-23-14-6-4-3-5-12(14)16(26)21-19(23)28/h3-6,9-10H,2,7-8H2,1H3,(H,22,25)(H,21,26,28). The SMILES string of the molecule is CCc1cc2c(=O)n(NC(=O)CCn3c(=O)[nH]c(=O)c4ccccc43)cnc2s1. The molecule has 1 aromatic carbocycles. The Kier molecular flexibility index (Phi) is 4.85. The molecule has 3 aromatic heterocycles. The fourth-order valence-corrected chi connectivity index (χ4v) is 4.02. The number of hydrogen-bond donors (Lipinski definition) is 2. The van der Waals surface area contributed by atoms with Crippen molar-refractivity contribution in [3.8, 4) is 0 Å². The van der Waals surface area contributed by atoms with E-state index in [9.17, 15) is 19.2 Å². The lowest BCUT2D eigenvalue weighted by molar-refractivity contribution is -0.117. The first-order chi connectivity index (χ1) is 14.0. The van der Waals surface area contributed by atoms with Crippen molar-refractivity contribution in [3.05, 3.63) is 72.7 Å². The number of fused-ring (bicyclic) bond motifs is 2. The minimum atomic E-state index is -0.591. The van der Waals surface area contributed by atoms with Gasteiger partial charge in [-0.15, -0.1) is 11.3 Å². The lowest BCUT2D eigenvalue weighted by Gasteiger charge is -2.10. The number of nitrogens with zero attached hydrogens (tertiary/aromatic N) is 3. The number of benzene rings is 1. The molecular formula is C19H17N5O4S. The fourth-order valence-electron chi connectivity index (χ4n) is 3.09. The second-order valence-electron chi connectivity index (χ2n) is 6.42. The predicted octanol–water partition coefficient (Wildman–Crippen LogP) is 1.18. The summed E-state index contributed by atoms with van der Waals surface area (Å²) >= 11 is 1.45. The summed E-state index contributed by atoms with van der Waals surface area (Å²) in [5, 5.41) is 0.820. The molecule has 0 fully saturated rings. The summed E-state index contributed by atoms with van der Waals surface area (Å²) in [5.74, 6) is -0.457. The zero-order valence-electron chi connectivity index (χ0n) is 15.5. The van der Waals surface area contributed by atoms with Crippen molar-refractivity contribution in [3.63, 3.8) is 0 Å². The Morgan fingerprint density at radius 2 is 2.00 bits per heavy atom. The maximum Gasteiger partial charge on any atom is 0.328 e. The highest BCUT2D eigenvalue weighted by Crippen LogP contribution is 2.20. The number of hydrogen-bond acceptors (Lipinski definition) is 6. The van der Waals surface area contributed by atoms with E-state index >= 15 is 0 Å². The Morgan fingerprint density at radius 1 is 1.21 bits per heavy atom. The van der Waals surface area contributed by atoms with Gasteiger partial charge < -0.3 is 0 Å². The number of nitrogens with one attached hydrogen (secondary N) is 2. The van der Waals surface area contributed by atoms with Crippen LogP contribution in [-0.2, 0) is 17.8 Å². The van der Waals surface area contributed by atoms with E-state index in [0.29, 0.717) is 21.1 Å². The van der Waals surface area contributed by atoms with Crippen LogP contribution in [-0.4, -0.2) is 25.1 Å². The van der Waals surface area contributed by atoms with Gasteiger partial charge in [-0.05, 0) is 24.6 Å². The number of rotatable bonds is 5. The van der Waals surface area contributed by atoms with E-state index in [2.05, 4.69) is 15.4 Å². The third-order valence-electron chi connectivity index (χ3n) is 4.56. The van der Waals surface area contributed by atoms with E-state index in [4.69, 9.17) is 0 Å². The minimum Gasteiger partial charge on any atom is -0.293 e. The number of H-pyrrole nitrogens is 1. The van der Waals surface area contributed by atoms with E-state index in [-0.39, 0.29) is 18.5 Å². The van der Waals surface area contributed by atoms with Crippen LogP contribution >= 0.6 is 11.3 Å². The average Bonchev–Trinajstić information content (AvgIpc) is 3.14. The molecule has 0 bridgehead atoms. The highest BCUT2D eigenvalue weighted by Gasteiger charge is 2.12. The molecule has 0 aliphatic carbocycles. The second kappa shape index (κ2) is 7.47. The van der Waals surface area contributed by atoms with Gasteiger partial charge in [-0.2, -0.15) is 0 Å². The first-order valence-electron chi connectivity index (χ1n) is 8.99. The van der Waals surface area contributed by atoms with E-state index in [1.165, 1.54) is 22.2 Å². The van der Waals surface area contributed by atoms with Gasteiger partial charge in [0.05, 0.1) is 16.3 Å². The van der Waals surface area contributed by atoms with Crippen LogP contribution in [0.3, 0.4) is 0 Å². The van der Waals surface area contributed by atoms with Gasteiger partial charge in [-0.3, -0.25) is 29.4 Å². The molecule has 10 heteroatoms. The van der Waals surface area contributed by atoms with Gasteiger partial charge in [0.25, 0.3) is 11.1 Å². The van der Waals surface area contributed by atoms with Crippen LogP contribution in [0.2, 0.25) is 0 Å². The smallest absolute Gasteiger partial charge is 0.293 e. The summed E-state index contributed by atoms with van der Waals surface area (Å²) < 4.78 is 2.37. The lowest BCUT2D eigenvalue weighted by Crippen LogP contribution is -2.35. The van der Waals surface area contributed by atoms with Gasteiger partial charge in [-0.1, -0.05) is 19.1 Å². The minimum absolute atomic E-state index is 0.0464. The number of aromatic amines is 1. The number of thiophene rings is 1. The van der Waals surface area contributed by atoms with E-state index in [1.807, 2.05) is 6.92 Å². The van der Waals surface area contributed by atoms with E-state index in [1.54, 1.807) is 30.3 Å². The molecule has 0 saturated carbocycles. The summed E-state index contributed by atoms with van der Waals surface area (Å²) in [6.07, 6.45) is 2.01. The molecule has 9 nitrogen and oxygen atoms in total. The zero-order valence-corrected chi connectivity index (χ0v) is 16.3. The van der Waals surface area contributed by atoms with Gasteiger partial charge in [0.2, 0.25) is 5.91 Å². The molecule has 2 N–H and O–H groups in total. The highest BCUT2D eigenvalue weighted by atomic mass is 32.1. The Labute approximate surface area is 167 Å². The summed E-state index contributed by atoms with van der Waals surface area (Å²) in [7, 11) is 0. The van der Waals surface area contributed by atoms with E-state index < -0.39 is 17.2 Å². The third kappa shape index (κ3) is 3.49. The second-order valence-corrected chi connectivity index (χ2v) is 7.53. The Hall–Kier alpha value is -3.53. The maximum atomic E-state index is 12.6. The van der Waals surface area contributed by atoms with Crippen molar-refractivity contribution >= 4 is 38.4 Å². The number of carbonyl (C=O) groups is 1. The summed E-state index contributed by atoms with van der Waals surface area (Å²) in [6.45, 7) is 2.04. The quantitative estimate of drug-likeness (QED) is 0.511. The van der Waals surface area contributed by atoms with Crippen LogP contribution < -0.4 is 22.2 Å². The largest absolute Gasteiger partial charge is 0.328 e. The summed E-state index contributed by atoms with van der Waals surface area (Å²) in [6, 6.07) is 8.45. The number of amides is 1. The van der Waals surface area contributed by atoms with Gasteiger partial charge in [0.1, 0.15) is 11.2 Å². The van der Waals surface area contributed by atoms with Gasteiger partial charge >= 0.3 is 5.69 Å². The van der Waals surface area contributed by atoms with Gasteiger partial charge in [0, 0.05) is 17.8 Å². The first-order valence-corrected chi connectivity index (χ1v) is 9.81. The first kappa shape index (κ1) is 18.8. The molecule has 0 spiro atoms. The molecule has 0 atom stereocenters. The molecule has 1 amide bonds. The fraction of sp³-hybridized carbons (Fsp3) is 0.211. The van der Waals surface area contributed by atoms with Crippen molar-refractivity contribution in [2.24, 2.45) is 0 Å². The van der Waals surface area contributed by atoms with Crippen molar-refractivity contribution in [1.29, 1.82) is 0 Å². The zero-order chi connectivity index (χ0) is 20.5. The van der Waals surface area contributed by atoms with Crippen LogP contribution in [0.1, 0.15) is 18.2 Å². The van der Waals surface area contributed by atoms with E-state index in [0.717, 1.165) is 16.0 Å². The van der Waals surface area contributed by atoms with Crippen molar-refractivity contribution in [2.75, 3.05) is 5.43 Å². The number of carbonyl (C=O) groups excluding carboxylic acids is 1. The van der Waals surface area contributed by atoms with Crippen molar-refractivity contribution in [2.45, 2.75) is 26.3 Å². The molecule has 148 valence electrons. The van der Waals surface area contributed by atoms with Crippen LogP contribution in [0.5, 0.6) is 0 Å². The topological polar surface area (TPSA) is 119 Å². The van der Waals surface area contributed by atoms with Crippen LogP contribution in [0, 0.1) is 0 Å². The molecule has 0 unspecified atom stereocenters. The normalized spacial score (nSPS) is 11.2. The number of para-hydroxylation sites is 1. The molecule has 4 aromatic rings. The Balaban J connectivity index is 1.56. The third-order valence-corrected chi connectivity index (χ3v) is 5.75. The maximum absolute atomic E-state index is 12.6. The van der Waals surface area contributed by atoms with Crippen LogP contribution in [0.4, 0.5) is 0 Å². The molecule has 4 rings (SSSR count). The number of aromatic nitrogens is 4. The molecule has 0 saturated heterocycles. The summed E-state index contributed by atoms with van der Waals surface area (Å²) in [4.78, 5) is 57.1. The predicted molar refractivity (Wildman–Crippen MR) is 111 cm³/mol. The Bertz CT molecular complexity index is 1410. The van der Waals surface area contributed by atoms with Gasteiger partial charge in [0.15, 0.2) is 0 Å². The van der Waals surface area contributed by atoms with Crippen LogP contribution in [0.25, 0.3) is 21.1 Å². The van der Waals surface area contributed by atoms with Crippen LogP contribution in [0.15, 0.2) is 51.0 Å². The molecule has 29 heavy (non-hydrogen) atoms. The molecule has 3 heterocycles. The van der Waals surface area contributed by atoms with Gasteiger partial charge in [-0.25, -0.2) is 14.5 Å². The lowest BCUT2D eigenvalue weighted by atomic mass is 10.2. The van der Waals surface area contributed by atoms with Crippen molar-refractivity contribution < 1.29 is 4.79 Å². The van der Waals surface area contributed by atoms with Crippen molar-refractivity contribution in [1.82, 2.24) is 19.2 Å². The molecule has 0 aliphatic heterocycles. The monoisotopic (exact) mass is 411 g/mol. The molecule has 0 radical (unpaired) electrons. The molecular weight excluding hydrogens is 394 g/mol. The Morgan fingerprint density at radius 3 is 2.79 bits per heavy atom. The summed E-state index contributed by atoms with van der Waals surface area (Å²) in [5.41, 5.74) is 1.52. The average molecular weight is 411 g/mol. The number of aryl methyl sites for hydroxylation is 2.